The molecule has 2 saturated carbocycles. The highest BCUT2D eigenvalue weighted by Gasteiger charge is 2.53. The van der Waals surface area contributed by atoms with Gasteiger partial charge in [0.15, 0.2) is 5.82 Å². The number of carboxylic acid groups (broad SMARTS) is 1. The Balaban J connectivity index is 1.43. The third kappa shape index (κ3) is 4.02. The first-order valence-electron chi connectivity index (χ1n) is 11.3. The molecule has 1 aromatic heterocycles. The van der Waals surface area contributed by atoms with E-state index in [-0.39, 0.29) is 30.0 Å². The van der Waals surface area contributed by atoms with Crippen molar-refractivity contribution in [1.29, 1.82) is 0 Å². The Hall–Kier alpha value is -3.76. The average Bonchev–Trinajstić information content (AvgIpc) is 3.44. The fourth-order valence-electron chi connectivity index (χ4n) is 4.52. The fourth-order valence-corrected chi connectivity index (χ4v) is 4.52. The third-order valence-electron chi connectivity index (χ3n) is 6.96. The van der Waals surface area contributed by atoms with Gasteiger partial charge in [0.25, 0.3) is 0 Å². The molecule has 36 heavy (non-hydrogen) atoms. The zero-order valence-corrected chi connectivity index (χ0v) is 18.7. The smallest absolute Gasteiger partial charge is 0.416 e. The van der Waals surface area contributed by atoms with Crippen molar-refractivity contribution in [2.75, 3.05) is 5.32 Å². The highest BCUT2D eigenvalue weighted by atomic mass is 19.4. The molecule has 0 bridgehead atoms. The molecule has 6 nitrogen and oxygen atoms in total. The maximum absolute atomic E-state index is 15.3. The second kappa shape index (κ2) is 8.42. The maximum Gasteiger partial charge on any atom is 0.416 e. The van der Waals surface area contributed by atoms with E-state index in [2.05, 4.69) is 10.4 Å². The van der Waals surface area contributed by atoms with Gasteiger partial charge in [0.1, 0.15) is 11.4 Å². The van der Waals surface area contributed by atoms with Gasteiger partial charge < -0.3 is 10.4 Å². The summed E-state index contributed by atoms with van der Waals surface area (Å²) in [6.45, 7) is 0. The van der Waals surface area contributed by atoms with E-state index in [1.54, 1.807) is 10.9 Å². The number of alkyl halides is 3. The lowest BCUT2D eigenvalue weighted by atomic mass is 9.92. The van der Waals surface area contributed by atoms with Crippen molar-refractivity contribution in [3.8, 4) is 11.1 Å². The number of nitrogens with zero attached hydrogens (tertiary/aromatic N) is 2. The van der Waals surface area contributed by atoms with E-state index in [1.165, 1.54) is 18.3 Å². The molecule has 0 aliphatic heterocycles. The Morgan fingerprint density at radius 3 is 2.39 bits per heavy atom. The standard InChI is InChI=1S/C25H20F5N3O3/c26-18-10-14(25(28,29)30)4-6-17(18)24(8-9-24)23(36)32-19-7-5-16(20(21(19)27)22(34)35)13-11-31-33(12-13)15-2-1-3-15/h4-7,10-12,15H,1-3,8-9H2,(H,32,36)(H,34,35). The lowest BCUT2D eigenvalue weighted by Gasteiger charge is -2.25. The summed E-state index contributed by atoms with van der Waals surface area (Å²) in [5.41, 5.74) is -3.48. The summed E-state index contributed by atoms with van der Waals surface area (Å²) in [5, 5.41) is 16.3. The van der Waals surface area contributed by atoms with Gasteiger partial charge in [0, 0.05) is 22.9 Å². The van der Waals surface area contributed by atoms with Crippen LogP contribution in [0.4, 0.5) is 27.6 Å². The number of carboxylic acids is 1. The molecule has 2 aliphatic rings. The number of hydrogen-bond donors (Lipinski definition) is 2. The summed E-state index contributed by atoms with van der Waals surface area (Å²) < 4.78 is 70.2. The summed E-state index contributed by atoms with van der Waals surface area (Å²) in [5.74, 6) is -4.76. The quantitative estimate of drug-likeness (QED) is 0.406. The van der Waals surface area contributed by atoms with Crippen molar-refractivity contribution in [3.63, 3.8) is 0 Å². The van der Waals surface area contributed by atoms with E-state index in [9.17, 15) is 32.3 Å². The number of anilines is 1. The second-order valence-corrected chi connectivity index (χ2v) is 9.18. The van der Waals surface area contributed by atoms with Crippen LogP contribution in [0.1, 0.15) is 59.6 Å². The van der Waals surface area contributed by atoms with Gasteiger partial charge in [0.05, 0.1) is 28.9 Å². The molecule has 2 aromatic carbocycles. The van der Waals surface area contributed by atoms with Gasteiger partial charge in [-0.25, -0.2) is 13.6 Å². The van der Waals surface area contributed by atoms with Crippen LogP contribution < -0.4 is 5.32 Å². The molecule has 0 radical (unpaired) electrons. The predicted molar refractivity (Wildman–Crippen MR) is 118 cm³/mol. The summed E-state index contributed by atoms with van der Waals surface area (Å²) in [4.78, 5) is 24.9. The van der Waals surface area contributed by atoms with Crippen molar-refractivity contribution >= 4 is 17.6 Å². The van der Waals surface area contributed by atoms with Gasteiger partial charge in [-0.1, -0.05) is 12.1 Å². The van der Waals surface area contributed by atoms with Gasteiger partial charge in [-0.3, -0.25) is 9.48 Å². The van der Waals surface area contributed by atoms with Crippen molar-refractivity contribution in [2.24, 2.45) is 0 Å². The number of halogens is 5. The number of amides is 1. The Morgan fingerprint density at radius 1 is 1.11 bits per heavy atom. The molecule has 2 fully saturated rings. The van der Waals surface area contributed by atoms with Crippen LogP contribution in [0.3, 0.4) is 0 Å². The van der Waals surface area contributed by atoms with Crippen LogP contribution in [0, 0.1) is 11.6 Å². The van der Waals surface area contributed by atoms with Crippen LogP contribution in [-0.4, -0.2) is 26.8 Å². The number of aromatic nitrogens is 2. The van der Waals surface area contributed by atoms with Gasteiger partial charge in [-0.2, -0.15) is 18.3 Å². The Labute approximate surface area is 201 Å². The van der Waals surface area contributed by atoms with E-state index >= 15 is 4.39 Å². The maximum atomic E-state index is 15.3. The van der Waals surface area contributed by atoms with Crippen LogP contribution in [-0.2, 0) is 16.4 Å². The molecule has 0 spiro atoms. The van der Waals surface area contributed by atoms with Crippen LogP contribution in [0.25, 0.3) is 11.1 Å². The minimum absolute atomic E-state index is 0.0819. The topological polar surface area (TPSA) is 84.2 Å². The predicted octanol–water partition coefficient (Wildman–Crippen LogP) is 5.94. The number of nitrogens with one attached hydrogen (secondary N) is 1. The Bertz CT molecular complexity index is 1370. The molecule has 11 heteroatoms. The minimum Gasteiger partial charge on any atom is -0.478 e. The number of carbonyl (C=O) groups is 2. The molecule has 0 atom stereocenters. The van der Waals surface area contributed by atoms with Crippen molar-refractivity contribution in [1.82, 2.24) is 9.78 Å². The summed E-state index contributed by atoms with van der Waals surface area (Å²) >= 11 is 0. The first-order valence-corrected chi connectivity index (χ1v) is 11.3. The number of aromatic carboxylic acids is 1. The van der Waals surface area contributed by atoms with Crippen LogP contribution >= 0.6 is 0 Å². The molecular formula is C25H20F5N3O3. The molecule has 5 rings (SSSR count). The Kier molecular flexibility index (Phi) is 5.60. The minimum atomic E-state index is -4.75. The first kappa shape index (κ1) is 24.0. The number of benzene rings is 2. The average molecular weight is 505 g/mol. The molecule has 1 amide bonds. The molecule has 1 heterocycles. The number of rotatable bonds is 6. The fraction of sp³-hybridized carbons (Fsp3) is 0.320. The van der Waals surface area contributed by atoms with Crippen molar-refractivity contribution < 1.29 is 36.6 Å². The number of hydrogen-bond acceptors (Lipinski definition) is 3. The molecule has 0 saturated heterocycles. The summed E-state index contributed by atoms with van der Waals surface area (Å²) in [7, 11) is 0. The molecule has 2 N–H and O–H groups in total. The molecule has 2 aliphatic carbocycles. The first-order chi connectivity index (χ1) is 17.0. The Morgan fingerprint density at radius 2 is 1.83 bits per heavy atom. The molecular weight excluding hydrogens is 485 g/mol. The van der Waals surface area contributed by atoms with Gasteiger partial charge >= 0.3 is 12.1 Å². The summed E-state index contributed by atoms with van der Waals surface area (Å²) in [6.07, 6.45) is 1.62. The van der Waals surface area contributed by atoms with E-state index < -0.39 is 51.9 Å². The van der Waals surface area contributed by atoms with Crippen LogP contribution in [0.15, 0.2) is 42.7 Å². The molecule has 0 unspecified atom stereocenters. The SMILES string of the molecule is O=C(O)c1c(-c2cnn(C3CCC3)c2)ccc(NC(=O)C2(c3ccc(C(F)(F)F)cc3F)CC2)c1F. The van der Waals surface area contributed by atoms with Crippen molar-refractivity contribution in [3.05, 3.63) is 71.1 Å². The number of carbonyl (C=O) groups excluding carboxylic acids is 1. The van der Waals surface area contributed by atoms with Gasteiger partial charge in [-0.05, 0) is 50.3 Å². The monoisotopic (exact) mass is 505 g/mol. The largest absolute Gasteiger partial charge is 0.478 e. The van der Waals surface area contributed by atoms with Crippen molar-refractivity contribution in [2.45, 2.75) is 49.7 Å². The van der Waals surface area contributed by atoms with E-state index in [0.717, 1.165) is 25.3 Å². The zero-order valence-electron chi connectivity index (χ0n) is 18.7. The van der Waals surface area contributed by atoms with E-state index in [4.69, 9.17) is 0 Å². The van der Waals surface area contributed by atoms with E-state index in [1.807, 2.05) is 0 Å². The normalized spacial score (nSPS) is 16.9. The van der Waals surface area contributed by atoms with Crippen LogP contribution in [0.2, 0.25) is 0 Å². The van der Waals surface area contributed by atoms with Gasteiger partial charge in [0.2, 0.25) is 5.91 Å². The zero-order chi connectivity index (χ0) is 25.8. The third-order valence-corrected chi connectivity index (χ3v) is 6.96. The lowest BCUT2D eigenvalue weighted by Crippen LogP contribution is -2.29. The second-order valence-electron chi connectivity index (χ2n) is 9.18. The van der Waals surface area contributed by atoms with Crippen LogP contribution in [0.5, 0.6) is 0 Å². The summed E-state index contributed by atoms with van der Waals surface area (Å²) in [6, 6.07) is 4.69. The molecule has 3 aromatic rings. The van der Waals surface area contributed by atoms with Gasteiger partial charge in [-0.15, -0.1) is 0 Å². The highest BCUT2D eigenvalue weighted by molar-refractivity contribution is 6.04. The highest BCUT2D eigenvalue weighted by Crippen LogP contribution is 2.50. The lowest BCUT2D eigenvalue weighted by molar-refractivity contribution is -0.137. The van der Waals surface area contributed by atoms with E-state index in [0.29, 0.717) is 17.7 Å². The molecule has 188 valence electrons.